The molecule has 2 atom stereocenters. The zero-order valence-corrected chi connectivity index (χ0v) is 10.3. The van der Waals surface area contributed by atoms with Gasteiger partial charge < -0.3 is 4.52 Å². The molecule has 1 unspecified atom stereocenters. The van der Waals surface area contributed by atoms with Gasteiger partial charge in [0, 0.05) is 0 Å². The zero-order valence-electron chi connectivity index (χ0n) is 8.67. The van der Waals surface area contributed by atoms with Gasteiger partial charge >= 0.3 is 6.72 Å². The van der Waals surface area contributed by atoms with Crippen LogP contribution in [-0.2, 0) is 13.9 Å². The van der Waals surface area contributed by atoms with Crippen LogP contribution >= 0.6 is 18.0 Å². The molecule has 0 fully saturated rings. The quantitative estimate of drug-likeness (QED) is 0.462. The lowest BCUT2D eigenvalue weighted by atomic mass is 10.2. The van der Waals surface area contributed by atoms with Crippen molar-refractivity contribution in [3.63, 3.8) is 0 Å². The molecule has 0 N–H and O–H groups in total. The van der Waals surface area contributed by atoms with Crippen LogP contribution in [0.3, 0.4) is 0 Å². The van der Waals surface area contributed by atoms with E-state index in [2.05, 4.69) is 4.99 Å². The second kappa shape index (κ2) is 5.97. The molecule has 0 aliphatic heterocycles. The molecule has 6 heteroatoms. The van der Waals surface area contributed by atoms with Crippen LogP contribution in [0.4, 0.5) is 0 Å². The fraction of sp³-hybridized carbons (Fsp3) is 0.300. The normalized spacial score (nSPS) is 15.9. The Morgan fingerprint density at radius 3 is 2.62 bits per heavy atom. The Labute approximate surface area is 98.5 Å². The number of aliphatic imine (C=N–C) groups is 1. The van der Waals surface area contributed by atoms with Crippen molar-refractivity contribution in [1.82, 2.24) is 0 Å². The summed E-state index contributed by atoms with van der Waals surface area (Å²) >= 11 is 5.78. The molecule has 1 rings (SSSR count). The van der Waals surface area contributed by atoms with Gasteiger partial charge in [-0.15, -0.1) is 0 Å². The molecular weight excluding hydrogens is 249 g/mol. The number of rotatable bonds is 5. The van der Waals surface area contributed by atoms with Crippen LogP contribution in [0.5, 0.6) is 0 Å². The average molecular weight is 260 g/mol. The van der Waals surface area contributed by atoms with Crippen molar-refractivity contribution in [2.24, 2.45) is 4.99 Å². The van der Waals surface area contributed by atoms with Crippen LogP contribution in [0, 0.1) is 0 Å². The van der Waals surface area contributed by atoms with Gasteiger partial charge in [-0.25, -0.2) is 4.79 Å². The second-order valence-electron chi connectivity index (χ2n) is 2.94. The number of halogens is 1. The zero-order chi connectivity index (χ0) is 12.0. The summed E-state index contributed by atoms with van der Waals surface area (Å²) < 4.78 is 16.9. The Morgan fingerprint density at radius 1 is 1.50 bits per heavy atom. The standard InChI is InChI=1S/C10H11ClNO3P/c1-2-15-16(11,14)10(12-8-13)9-6-4-3-5-7-9/h3-7,10H,2H2,1H3/t10-,16?/m0/s1. The Morgan fingerprint density at radius 2 is 2.12 bits per heavy atom. The van der Waals surface area contributed by atoms with E-state index in [0.29, 0.717) is 5.56 Å². The highest BCUT2D eigenvalue weighted by molar-refractivity contribution is 7.85. The van der Waals surface area contributed by atoms with Crippen molar-refractivity contribution in [2.75, 3.05) is 6.61 Å². The minimum Gasteiger partial charge on any atom is -0.316 e. The minimum absolute atomic E-state index is 0.193. The summed E-state index contributed by atoms with van der Waals surface area (Å²) in [7, 11) is 0. The summed E-state index contributed by atoms with van der Waals surface area (Å²) in [5.41, 5.74) is 0.567. The SMILES string of the molecule is CCOP(=O)(Cl)[C@H](N=C=O)c1ccccc1. The van der Waals surface area contributed by atoms with Crippen molar-refractivity contribution in [2.45, 2.75) is 12.7 Å². The van der Waals surface area contributed by atoms with Crippen LogP contribution < -0.4 is 0 Å². The fourth-order valence-electron chi connectivity index (χ4n) is 1.24. The number of isocyanates is 1. The second-order valence-corrected chi connectivity index (χ2v) is 6.15. The lowest BCUT2D eigenvalue weighted by molar-refractivity contribution is 0.338. The summed E-state index contributed by atoms with van der Waals surface area (Å²) in [5.74, 6) is -0.993. The van der Waals surface area contributed by atoms with Gasteiger partial charge in [-0.05, 0) is 23.7 Å². The molecule has 0 aliphatic rings. The molecule has 0 aliphatic carbocycles. The van der Waals surface area contributed by atoms with E-state index < -0.39 is 12.5 Å². The van der Waals surface area contributed by atoms with E-state index in [0.717, 1.165) is 0 Å². The average Bonchev–Trinajstić information content (AvgIpc) is 2.27. The summed E-state index contributed by atoms with van der Waals surface area (Å²) in [6, 6.07) is 8.64. The topological polar surface area (TPSA) is 55.7 Å². The molecule has 0 saturated carbocycles. The molecule has 0 aromatic heterocycles. The lowest BCUT2D eigenvalue weighted by Crippen LogP contribution is -1.97. The molecule has 0 heterocycles. The smallest absolute Gasteiger partial charge is 0.316 e. The molecule has 4 nitrogen and oxygen atoms in total. The van der Waals surface area contributed by atoms with E-state index in [1.807, 2.05) is 0 Å². The molecule has 0 radical (unpaired) electrons. The minimum atomic E-state index is -3.50. The number of hydrogen-bond donors (Lipinski definition) is 0. The van der Waals surface area contributed by atoms with Crippen molar-refractivity contribution < 1.29 is 13.9 Å². The van der Waals surface area contributed by atoms with Gasteiger partial charge in [0.2, 0.25) is 6.08 Å². The summed E-state index contributed by atoms with van der Waals surface area (Å²) in [4.78, 5) is 13.8. The van der Waals surface area contributed by atoms with E-state index >= 15 is 0 Å². The third-order valence-electron chi connectivity index (χ3n) is 1.87. The highest BCUT2D eigenvalue weighted by Crippen LogP contribution is 2.64. The maximum absolute atomic E-state index is 12.0. The first-order chi connectivity index (χ1) is 7.61. The van der Waals surface area contributed by atoms with Gasteiger partial charge in [0.1, 0.15) is 0 Å². The molecule has 86 valence electrons. The van der Waals surface area contributed by atoms with Crippen molar-refractivity contribution in [1.29, 1.82) is 0 Å². The summed E-state index contributed by atoms with van der Waals surface area (Å²) in [6.45, 7) is -1.64. The monoisotopic (exact) mass is 259 g/mol. The first-order valence-corrected chi connectivity index (χ1v) is 7.27. The van der Waals surface area contributed by atoms with Crippen LogP contribution in [0.1, 0.15) is 18.3 Å². The molecular formula is C10H11ClNO3P. The third-order valence-corrected chi connectivity index (χ3v) is 4.33. The Kier molecular flexibility index (Phi) is 4.91. The van der Waals surface area contributed by atoms with Gasteiger partial charge in [-0.2, -0.15) is 4.99 Å². The fourth-order valence-corrected chi connectivity index (χ4v) is 3.21. The summed E-state index contributed by atoms with van der Waals surface area (Å²) in [5, 5.41) is 0. The molecule has 1 aromatic carbocycles. The Balaban J connectivity index is 3.10. The van der Waals surface area contributed by atoms with Crippen LogP contribution in [0.2, 0.25) is 0 Å². The van der Waals surface area contributed by atoms with E-state index in [1.165, 1.54) is 6.08 Å². The Bertz CT molecular complexity index is 431. The number of benzene rings is 1. The molecule has 0 bridgehead atoms. The molecule has 0 amide bonds. The van der Waals surface area contributed by atoms with Crippen LogP contribution in [-0.4, -0.2) is 12.7 Å². The predicted molar refractivity (Wildman–Crippen MR) is 62.4 cm³/mol. The van der Waals surface area contributed by atoms with Gasteiger partial charge in [0.15, 0.2) is 5.78 Å². The van der Waals surface area contributed by atoms with Crippen LogP contribution in [0.25, 0.3) is 0 Å². The highest BCUT2D eigenvalue weighted by atomic mass is 35.7. The molecule has 0 saturated heterocycles. The maximum atomic E-state index is 12.0. The Hall–Kier alpha value is -0.920. The van der Waals surface area contributed by atoms with Crippen LogP contribution in [0.15, 0.2) is 35.3 Å². The largest absolute Gasteiger partial charge is 0.319 e. The third kappa shape index (κ3) is 3.29. The summed E-state index contributed by atoms with van der Waals surface area (Å²) in [6.07, 6.45) is 1.37. The number of nitrogens with zero attached hydrogens (tertiary/aromatic N) is 1. The van der Waals surface area contributed by atoms with Crippen molar-refractivity contribution >= 4 is 24.0 Å². The van der Waals surface area contributed by atoms with Gasteiger partial charge in [-0.1, -0.05) is 30.3 Å². The lowest BCUT2D eigenvalue weighted by Gasteiger charge is -2.16. The van der Waals surface area contributed by atoms with Gasteiger partial charge in [0.05, 0.1) is 6.61 Å². The predicted octanol–water partition coefficient (Wildman–Crippen LogP) is 3.49. The van der Waals surface area contributed by atoms with E-state index in [9.17, 15) is 9.36 Å². The maximum Gasteiger partial charge on any atom is 0.319 e. The first kappa shape index (κ1) is 13.1. The first-order valence-electron chi connectivity index (χ1n) is 4.67. The van der Waals surface area contributed by atoms with E-state index in [-0.39, 0.29) is 6.61 Å². The van der Waals surface area contributed by atoms with E-state index in [4.69, 9.17) is 15.8 Å². The van der Waals surface area contributed by atoms with Gasteiger partial charge in [0.25, 0.3) is 0 Å². The molecule has 0 spiro atoms. The van der Waals surface area contributed by atoms with Crippen molar-refractivity contribution in [3.05, 3.63) is 35.9 Å². The highest BCUT2D eigenvalue weighted by Gasteiger charge is 2.33. The number of hydrogen-bond acceptors (Lipinski definition) is 4. The molecule has 16 heavy (non-hydrogen) atoms. The van der Waals surface area contributed by atoms with E-state index in [1.54, 1.807) is 37.3 Å². The number of carbonyl (C=O) groups excluding carboxylic acids is 1. The molecule has 1 aromatic rings. The van der Waals surface area contributed by atoms with Gasteiger partial charge in [-0.3, -0.25) is 4.57 Å². The van der Waals surface area contributed by atoms with Crippen molar-refractivity contribution in [3.8, 4) is 0 Å².